The van der Waals surface area contributed by atoms with E-state index >= 15 is 0 Å². The van der Waals surface area contributed by atoms with Crippen LogP contribution in [0.3, 0.4) is 0 Å². The zero-order valence-corrected chi connectivity index (χ0v) is 10.4. The third-order valence-electron chi connectivity index (χ3n) is 2.89. The van der Waals surface area contributed by atoms with Crippen LogP contribution in [0.5, 0.6) is 5.75 Å². The van der Waals surface area contributed by atoms with Gasteiger partial charge in [0.15, 0.2) is 0 Å². The molecule has 0 saturated carbocycles. The van der Waals surface area contributed by atoms with E-state index in [1.165, 1.54) is 0 Å². The predicted octanol–water partition coefficient (Wildman–Crippen LogP) is 2.87. The summed E-state index contributed by atoms with van der Waals surface area (Å²) in [5, 5.41) is 1.06. The number of hydrogen-bond donors (Lipinski definition) is 1. The summed E-state index contributed by atoms with van der Waals surface area (Å²) in [4.78, 5) is 3.99. The summed E-state index contributed by atoms with van der Waals surface area (Å²) in [6, 6.07) is 11.6. The van der Waals surface area contributed by atoms with Crippen LogP contribution in [0.2, 0.25) is 0 Å². The number of hydrogen-bond acceptors (Lipinski definition) is 4. The van der Waals surface area contributed by atoms with E-state index in [9.17, 15) is 0 Å². The van der Waals surface area contributed by atoms with Gasteiger partial charge in [-0.3, -0.25) is 4.98 Å². The lowest BCUT2D eigenvalue weighted by molar-refractivity contribution is 0.273. The summed E-state index contributed by atoms with van der Waals surface area (Å²) in [6.45, 7) is 0.899. The Morgan fingerprint density at radius 3 is 2.95 bits per heavy atom. The van der Waals surface area contributed by atoms with Gasteiger partial charge in [-0.25, -0.2) is 0 Å². The smallest absolute Gasteiger partial charge is 0.146 e. The maximum atomic E-state index is 5.73. The molecule has 2 N–H and O–H groups in total. The molecule has 0 spiro atoms. The van der Waals surface area contributed by atoms with Crippen LogP contribution >= 0.6 is 0 Å². The Hall–Kier alpha value is -2.33. The van der Waals surface area contributed by atoms with Gasteiger partial charge in [0.1, 0.15) is 23.7 Å². The fourth-order valence-corrected chi connectivity index (χ4v) is 1.92. The number of nitrogens with two attached hydrogens (primary N) is 1. The Balaban J connectivity index is 1.78. The van der Waals surface area contributed by atoms with Crippen molar-refractivity contribution in [3.63, 3.8) is 0 Å². The SMILES string of the molecule is NCc1ccc2cc(COc3cccnc3)oc2c1. The number of aromatic nitrogens is 1. The van der Waals surface area contributed by atoms with Crippen molar-refractivity contribution in [1.29, 1.82) is 0 Å². The molecule has 4 heteroatoms. The average molecular weight is 254 g/mol. The van der Waals surface area contributed by atoms with Crippen molar-refractivity contribution in [3.05, 3.63) is 60.1 Å². The Kier molecular flexibility index (Phi) is 3.16. The standard InChI is InChI=1S/C15H14N2O2/c16-8-11-3-4-12-7-14(19-15(12)6-11)10-18-13-2-1-5-17-9-13/h1-7,9H,8,10,16H2. The summed E-state index contributed by atoms with van der Waals surface area (Å²) in [5.41, 5.74) is 7.51. The first kappa shape index (κ1) is 11.7. The topological polar surface area (TPSA) is 61.3 Å². The third-order valence-corrected chi connectivity index (χ3v) is 2.89. The molecule has 0 saturated heterocycles. The molecule has 96 valence electrons. The van der Waals surface area contributed by atoms with Crippen molar-refractivity contribution in [2.45, 2.75) is 13.2 Å². The molecule has 3 rings (SSSR count). The lowest BCUT2D eigenvalue weighted by Crippen LogP contribution is -1.94. The van der Waals surface area contributed by atoms with Gasteiger partial charge >= 0.3 is 0 Å². The lowest BCUT2D eigenvalue weighted by Gasteiger charge is -2.01. The summed E-state index contributed by atoms with van der Waals surface area (Å²) < 4.78 is 11.3. The molecule has 0 unspecified atom stereocenters. The van der Waals surface area contributed by atoms with Crippen molar-refractivity contribution in [3.8, 4) is 5.75 Å². The van der Waals surface area contributed by atoms with Gasteiger partial charge in [0, 0.05) is 18.1 Å². The maximum absolute atomic E-state index is 5.73. The van der Waals surface area contributed by atoms with Crippen LogP contribution in [0.4, 0.5) is 0 Å². The van der Waals surface area contributed by atoms with Crippen molar-refractivity contribution in [1.82, 2.24) is 4.98 Å². The molecule has 0 bridgehead atoms. The van der Waals surface area contributed by atoms with E-state index in [4.69, 9.17) is 14.9 Å². The molecule has 2 heterocycles. The van der Waals surface area contributed by atoms with Crippen LogP contribution in [0.25, 0.3) is 11.0 Å². The minimum atomic E-state index is 0.387. The molecular formula is C15H14N2O2. The van der Waals surface area contributed by atoms with Gasteiger partial charge in [-0.05, 0) is 29.8 Å². The lowest BCUT2D eigenvalue weighted by atomic mass is 10.2. The minimum absolute atomic E-state index is 0.387. The summed E-state index contributed by atoms with van der Waals surface area (Å²) in [7, 11) is 0. The van der Waals surface area contributed by atoms with Gasteiger partial charge in [-0.1, -0.05) is 12.1 Å². The number of rotatable bonds is 4. The number of furan rings is 1. The third kappa shape index (κ3) is 2.58. The van der Waals surface area contributed by atoms with Crippen LogP contribution < -0.4 is 10.5 Å². The number of benzene rings is 1. The molecule has 0 aliphatic rings. The predicted molar refractivity (Wildman–Crippen MR) is 72.7 cm³/mol. The molecule has 19 heavy (non-hydrogen) atoms. The fourth-order valence-electron chi connectivity index (χ4n) is 1.92. The quantitative estimate of drug-likeness (QED) is 0.777. The van der Waals surface area contributed by atoms with E-state index < -0.39 is 0 Å². The minimum Gasteiger partial charge on any atom is -0.484 e. The number of pyridine rings is 1. The van der Waals surface area contributed by atoms with Crippen molar-refractivity contribution >= 4 is 11.0 Å². The van der Waals surface area contributed by atoms with E-state index in [0.29, 0.717) is 13.2 Å². The second-order valence-corrected chi connectivity index (χ2v) is 4.27. The largest absolute Gasteiger partial charge is 0.484 e. The van der Waals surface area contributed by atoms with Gasteiger partial charge < -0.3 is 14.9 Å². The first-order chi connectivity index (χ1) is 9.35. The maximum Gasteiger partial charge on any atom is 0.146 e. The van der Waals surface area contributed by atoms with E-state index in [1.807, 2.05) is 36.4 Å². The molecule has 0 aliphatic heterocycles. The molecule has 3 aromatic rings. The molecule has 0 fully saturated rings. The fraction of sp³-hybridized carbons (Fsp3) is 0.133. The monoisotopic (exact) mass is 254 g/mol. The van der Waals surface area contributed by atoms with E-state index in [2.05, 4.69) is 4.98 Å². The van der Waals surface area contributed by atoms with Gasteiger partial charge in [-0.15, -0.1) is 0 Å². The highest BCUT2D eigenvalue weighted by atomic mass is 16.5. The molecule has 4 nitrogen and oxygen atoms in total. The number of ether oxygens (including phenoxy) is 1. The zero-order valence-electron chi connectivity index (χ0n) is 10.4. The molecule has 2 aromatic heterocycles. The van der Waals surface area contributed by atoms with E-state index in [1.54, 1.807) is 12.4 Å². The molecule has 0 radical (unpaired) electrons. The van der Waals surface area contributed by atoms with Gasteiger partial charge in [-0.2, -0.15) is 0 Å². The van der Waals surface area contributed by atoms with Crippen molar-refractivity contribution < 1.29 is 9.15 Å². The van der Waals surface area contributed by atoms with Crippen molar-refractivity contribution in [2.24, 2.45) is 5.73 Å². The Morgan fingerprint density at radius 1 is 1.21 bits per heavy atom. The molecule has 0 aliphatic carbocycles. The second-order valence-electron chi connectivity index (χ2n) is 4.27. The van der Waals surface area contributed by atoms with Crippen LogP contribution in [0, 0.1) is 0 Å². The number of fused-ring (bicyclic) bond motifs is 1. The first-order valence-electron chi connectivity index (χ1n) is 6.09. The first-order valence-corrected chi connectivity index (χ1v) is 6.09. The van der Waals surface area contributed by atoms with Gasteiger partial charge in [0.2, 0.25) is 0 Å². The summed E-state index contributed by atoms with van der Waals surface area (Å²) in [5.74, 6) is 1.51. The molecule has 0 atom stereocenters. The zero-order chi connectivity index (χ0) is 13.1. The highest BCUT2D eigenvalue weighted by Gasteiger charge is 2.05. The summed E-state index contributed by atoms with van der Waals surface area (Å²) in [6.07, 6.45) is 3.39. The van der Waals surface area contributed by atoms with Crippen LogP contribution in [0.15, 0.2) is 53.2 Å². The highest BCUT2D eigenvalue weighted by molar-refractivity contribution is 5.78. The highest BCUT2D eigenvalue weighted by Crippen LogP contribution is 2.22. The van der Waals surface area contributed by atoms with Crippen LogP contribution in [-0.4, -0.2) is 4.98 Å². The van der Waals surface area contributed by atoms with Crippen molar-refractivity contribution in [2.75, 3.05) is 0 Å². The average Bonchev–Trinajstić information content (AvgIpc) is 2.88. The second kappa shape index (κ2) is 5.12. The van der Waals surface area contributed by atoms with E-state index in [0.717, 1.165) is 28.0 Å². The Bertz CT molecular complexity index is 677. The Labute approximate surface area is 110 Å². The van der Waals surface area contributed by atoms with E-state index in [-0.39, 0.29) is 0 Å². The van der Waals surface area contributed by atoms with Crippen LogP contribution in [-0.2, 0) is 13.2 Å². The normalized spacial score (nSPS) is 10.8. The van der Waals surface area contributed by atoms with Gasteiger partial charge in [0.25, 0.3) is 0 Å². The Morgan fingerprint density at radius 2 is 2.16 bits per heavy atom. The molecule has 0 amide bonds. The molecular weight excluding hydrogens is 240 g/mol. The number of nitrogens with zero attached hydrogens (tertiary/aromatic N) is 1. The summed E-state index contributed by atoms with van der Waals surface area (Å²) >= 11 is 0. The molecule has 1 aromatic carbocycles. The van der Waals surface area contributed by atoms with Gasteiger partial charge in [0.05, 0.1) is 6.20 Å². The van der Waals surface area contributed by atoms with Crippen LogP contribution in [0.1, 0.15) is 11.3 Å².